The smallest absolute Gasteiger partial charge is 0.0502 e. The fourth-order valence-corrected chi connectivity index (χ4v) is 14.3. The lowest BCUT2D eigenvalue weighted by molar-refractivity contribution is 0.935. The van der Waals surface area contributed by atoms with Crippen LogP contribution < -0.4 is 0 Å². The van der Waals surface area contributed by atoms with Crippen molar-refractivity contribution in [1.29, 1.82) is 0 Å². The van der Waals surface area contributed by atoms with Crippen LogP contribution in [-0.2, 0) is 0 Å². The molecule has 0 aromatic rings. The summed E-state index contributed by atoms with van der Waals surface area (Å²) < 4.78 is 0. The average molecular weight is 227 g/mol. The third-order valence-corrected chi connectivity index (χ3v) is 14.6. The van der Waals surface area contributed by atoms with E-state index in [1.165, 1.54) is 0 Å². The topological polar surface area (TPSA) is 0 Å². The molecule has 2 heteroatoms. The van der Waals surface area contributed by atoms with Crippen LogP contribution in [0.25, 0.3) is 0 Å². The molecule has 0 atom stereocenters. The first kappa shape index (κ1) is 10.9. The molecule has 0 spiro atoms. The van der Waals surface area contributed by atoms with Crippen molar-refractivity contribution in [2.45, 2.75) is 75.0 Å². The minimum atomic E-state index is -0.666. The summed E-state index contributed by atoms with van der Waals surface area (Å²) in [5.74, 6) is 0. The van der Waals surface area contributed by atoms with E-state index in [1.807, 2.05) is 0 Å². The Hall–Kier alpha value is 0.434. The van der Waals surface area contributed by atoms with Crippen LogP contribution in [0.15, 0.2) is 0 Å². The van der Waals surface area contributed by atoms with E-state index in [0.29, 0.717) is 0 Å². The molecule has 0 N–H and O–H groups in total. The first-order valence-electron chi connectivity index (χ1n) is 6.62. The van der Waals surface area contributed by atoms with Gasteiger partial charge in [0.25, 0.3) is 0 Å². The van der Waals surface area contributed by atoms with E-state index in [4.69, 9.17) is 0 Å². The van der Waals surface area contributed by atoms with Crippen LogP contribution in [0.1, 0.15) is 25.7 Å². The van der Waals surface area contributed by atoms with E-state index in [-0.39, 0.29) is 0 Å². The Morgan fingerprint density at radius 1 is 0.643 bits per heavy atom. The Bertz CT molecular complexity index is 166. The molecule has 0 bridgehead atoms. The highest BCUT2D eigenvalue weighted by Gasteiger charge is 2.36. The first-order valence-corrected chi connectivity index (χ1v) is 12.9. The molecule has 0 amide bonds. The zero-order valence-corrected chi connectivity index (χ0v) is 12.1. The molecule has 0 saturated carbocycles. The molecule has 2 aliphatic rings. The minimum absolute atomic E-state index is 0.666. The van der Waals surface area contributed by atoms with Crippen LogP contribution in [0, 0.1) is 0 Å². The Balaban J connectivity index is 1.80. The molecule has 2 heterocycles. The number of hydrogen-bond acceptors (Lipinski definition) is 0. The molecule has 0 nitrogen and oxygen atoms in total. The van der Waals surface area contributed by atoms with Gasteiger partial charge in [0.15, 0.2) is 0 Å². The molecular weight excluding hydrogens is 200 g/mol. The molecule has 2 fully saturated rings. The average Bonchev–Trinajstić information content (AvgIpc) is 2.74. The molecule has 0 radical (unpaired) electrons. The Morgan fingerprint density at radius 2 is 0.929 bits per heavy atom. The number of hydrogen-bond donors (Lipinski definition) is 0. The fourth-order valence-electron chi connectivity index (χ4n) is 3.56. The molecular formula is C12H26Si2. The molecule has 0 unspecified atom stereocenters. The lowest BCUT2D eigenvalue weighted by Gasteiger charge is -2.27. The molecule has 2 rings (SSSR count). The van der Waals surface area contributed by atoms with Gasteiger partial charge in [-0.25, -0.2) is 0 Å². The summed E-state index contributed by atoms with van der Waals surface area (Å²) >= 11 is 0. The normalized spacial score (nSPS) is 29.6. The van der Waals surface area contributed by atoms with Crippen molar-refractivity contribution in [2.75, 3.05) is 0 Å². The van der Waals surface area contributed by atoms with Crippen LogP contribution in [0.4, 0.5) is 0 Å². The van der Waals surface area contributed by atoms with Crippen LogP contribution in [0.5, 0.6) is 0 Å². The van der Waals surface area contributed by atoms with Crippen LogP contribution >= 0.6 is 0 Å². The highest BCUT2D eigenvalue weighted by molar-refractivity contribution is 6.84. The highest BCUT2D eigenvalue weighted by Crippen LogP contribution is 2.40. The summed E-state index contributed by atoms with van der Waals surface area (Å²) in [7, 11) is -1.33. The largest absolute Gasteiger partial charge is 0.0692 e. The van der Waals surface area contributed by atoms with E-state index in [1.54, 1.807) is 61.9 Å². The van der Waals surface area contributed by atoms with Gasteiger partial charge >= 0.3 is 0 Å². The monoisotopic (exact) mass is 226 g/mol. The van der Waals surface area contributed by atoms with Crippen LogP contribution in [-0.4, -0.2) is 16.1 Å². The zero-order chi connectivity index (χ0) is 10.1. The summed E-state index contributed by atoms with van der Waals surface area (Å²) in [6.45, 7) is 5.37. The molecule has 2 aliphatic heterocycles. The summed E-state index contributed by atoms with van der Waals surface area (Å²) in [4.78, 5) is 0. The molecule has 0 aromatic heterocycles. The van der Waals surface area contributed by atoms with Gasteiger partial charge in [0.1, 0.15) is 0 Å². The Morgan fingerprint density at radius 3 is 1.21 bits per heavy atom. The summed E-state index contributed by atoms with van der Waals surface area (Å²) in [6, 6.07) is 10.1. The molecule has 0 aromatic carbocycles. The van der Waals surface area contributed by atoms with Gasteiger partial charge in [0, 0.05) is 0 Å². The second-order valence-corrected chi connectivity index (χ2v) is 16.8. The van der Waals surface area contributed by atoms with E-state index in [0.717, 1.165) is 0 Å². The van der Waals surface area contributed by atoms with E-state index >= 15 is 0 Å². The predicted octanol–water partition coefficient (Wildman–Crippen LogP) is 4.73. The van der Waals surface area contributed by atoms with Crippen molar-refractivity contribution in [2.24, 2.45) is 0 Å². The van der Waals surface area contributed by atoms with E-state index < -0.39 is 16.1 Å². The van der Waals surface area contributed by atoms with Gasteiger partial charge in [-0.05, 0) is 0 Å². The third-order valence-electron chi connectivity index (χ3n) is 4.95. The third kappa shape index (κ3) is 2.51. The zero-order valence-electron chi connectivity index (χ0n) is 10.1. The van der Waals surface area contributed by atoms with Crippen molar-refractivity contribution in [3.8, 4) is 0 Å². The van der Waals surface area contributed by atoms with Gasteiger partial charge in [-0.15, -0.1) is 0 Å². The quantitative estimate of drug-likeness (QED) is 0.610. The number of rotatable bonds is 3. The van der Waals surface area contributed by atoms with Gasteiger partial charge in [-0.2, -0.15) is 0 Å². The van der Waals surface area contributed by atoms with Gasteiger partial charge in [0.2, 0.25) is 0 Å². The maximum atomic E-state index is 2.69. The van der Waals surface area contributed by atoms with E-state index in [9.17, 15) is 0 Å². The Kier molecular flexibility index (Phi) is 3.22. The van der Waals surface area contributed by atoms with Gasteiger partial charge in [-0.3, -0.25) is 0 Å². The molecule has 2 saturated heterocycles. The van der Waals surface area contributed by atoms with E-state index in [2.05, 4.69) is 13.1 Å². The summed E-state index contributed by atoms with van der Waals surface area (Å²) in [6.07, 6.45) is 6.28. The first-order chi connectivity index (χ1) is 6.62. The van der Waals surface area contributed by atoms with Gasteiger partial charge in [-0.1, -0.05) is 75.0 Å². The summed E-state index contributed by atoms with van der Waals surface area (Å²) in [5, 5.41) is 0. The van der Waals surface area contributed by atoms with Crippen molar-refractivity contribution in [3.63, 3.8) is 0 Å². The standard InChI is InChI=1S/C12H26Si2/c1-13(7-3-4-8-13)11-12-14(2)9-5-6-10-14/h3-12H2,1-2H3. The predicted molar refractivity (Wildman–Crippen MR) is 70.5 cm³/mol. The second kappa shape index (κ2) is 4.13. The maximum Gasteiger partial charge on any atom is 0.0502 e. The SMILES string of the molecule is C[Si]1(CC[Si]2(C)CCCC2)CCCC1. The minimum Gasteiger partial charge on any atom is -0.0692 e. The van der Waals surface area contributed by atoms with Crippen LogP contribution in [0.2, 0.25) is 49.4 Å². The van der Waals surface area contributed by atoms with Crippen LogP contribution in [0.3, 0.4) is 0 Å². The van der Waals surface area contributed by atoms with Crippen molar-refractivity contribution in [3.05, 3.63) is 0 Å². The van der Waals surface area contributed by atoms with Gasteiger partial charge in [0.05, 0.1) is 16.1 Å². The summed E-state index contributed by atoms with van der Waals surface area (Å²) in [5.41, 5.74) is 0. The molecule has 82 valence electrons. The van der Waals surface area contributed by atoms with Crippen molar-refractivity contribution < 1.29 is 0 Å². The van der Waals surface area contributed by atoms with Crippen molar-refractivity contribution >= 4 is 16.1 Å². The van der Waals surface area contributed by atoms with Gasteiger partial charge < -0.3 is 0 Å². The lowest BCUT2D eigenvalue weighted by Crippen LogP contribution is -2.32. The lowest BCUT2D eigenvalue weighted by atomic mass is 10.4. The highest BCUT2D eigenvalue weighted by atomic mass is 28.3. The fraction of sp³-hybridized carbons (Fsp3) is 1.00. The van der Waals surface area contributed by atoms with Crippen molar-refractivity contribution in [1.82, 2.24) is 0 Å². The maximum absolute atomic E-state index is 2.69. The second-order valence-electron chi connectivity index (χ2n) is 6.54. The molecule has 14 heavy (non-hydrogen) atoms. The molecule has 0 aliphatic carbocycles. The Labute approximate surface area is 91.5 Å².